The highest BCUT2D eigenvalue weighted by molar-refractivity contribution is 5.00. The second-order valence-corrected chi connectivity index (χ2v) is 4.02. The van der Waals surface area contributed by atoms with E-state index in [0.717, 1.165) is 6.54 Å². The zero-order chi connectivity index (χ0) is 9.19. The van der Waals surface area contributed by atoms with Gasteiger partial charge in [0.2, 0.25) is 0 Å². The molecule has 1 aliphatic heterocycles. The van der Waals surface area contributed by atoms with Crippen LogP contribution in [0.2, 0.25) is 0 Å². The Morgan fingerprint density at radius 2 is 2.33 bits per heavy atom. The number of likely N-dealkylation sites (tertiary alicyclic amines) is 1. The first-order valence-corrected chi connectivity index (χ1v) is 4.66. The van der Waals surface area contributed by atoms with Crippen molar-refractivity contribution in [2.24, 2.45) is 0 Å². The highest BCUT2D eigenvalue weighted by Gasteiger charge is 2.39. The predicted molar refractivity (Wildman–Crippen MR) is 53.3 cm³/mol. The largest absolute Gasteiger partial charge is 0.315 e. The molecule has 1 fully saturated rings. The standard InChI is InChI=1S/C10H20N2/c1-5-7-12-8-6-9(11-4)10(12,2)3/h5,9,11H,1,6-8H2,2-4H3. The Bertz CT molecular complexity index is 163. The summed E-state index contributed by atoms with van der Waals surface area (Å²) in [5.41, 5.74) is 0.281. The van der Waals surface area contributed by atoms with Crippen molar-refractivity contribution in [1.29, 1.82) is 0 Å². The van der Waals surface area contributed by atoms with Gasteiger partial charge in [-0.1, -0.05) is 6.08 Å². The quantitative estimate of drug-likeness (QED) is 0.638. The van der Waals surface area contributed by atoms with Crippen LogP contribution in [0.25, 0.3) is 0 Å². The molecule has 1 atom stereocenters. The Kier molecular flexibility index (Phi) is 2.91. The van der Waals surface area contributed by atoms with Crippen LogP contribution in [0.15, 0.2) is 12.7 Å². The van der Waals surface area contributed by atoms with E-state index in [1.165, 1.54) is 13.0 Å². The minimum atomic E-state index is 0.281. The molecule has 1 heterocycles. The minimum Gasteiger partial charge on any atom is -0.315 e. The number of nitrogens with one attached hydrogen (secondary N) is 1. The van der Waals surface area contributed by atoms with Gasteiger partial charge < -0.3 is 5.32 Å². The highest BCUT2D eigenvalue weighted by atomic mass is 15.2. The van der Waals surface area contributed by atoms with Crippen molar-refractivity contribution in [2.75, 3.05) is 20.1 Å². The summed E-state index contributed by atoms with van der Waals surface area (Å²) in [6, 6.07) is 0.623. The smallest absolute Gasteiger partial charge is 0.0309 e. The van der Waals surface area contributed by atoms with Crippen LogP contribution in [-0.2, 0) is 0 Å². The van der Waals surface area contributed by atoms with Crippen LogP contribution in [0.4, 0.5) is 0 Å². The normalized spacial score (nSPS) is 29.1. The zero-order valence-corrected chi connectivity index (χ0v) is 8.43. The van der Waals surface area contributed by atoms with Crippen LogP contribution in [0.5, 0.6) is 0 Å². The molecule has 0 aromatic heterocycles. The summed E-state index contributed by atoms with van der Waals surface area (Å²) in [7, 11) is 2.05. The fourth-order valence-electron chi connectivity index (χ4n) is 2.13. The van der Waals surface area contributed by atoms with E-state index >= 15 is 0 Å². The molecule has 0 amide bonds. The molecule has 0 radical (unpaired) electrons. The third-order valence-electron chi connectivity index (χ3n) is 3.05. The molecule has 0 bridgehead atoms. The molecule has 1 rings (SSSR count). The summed E-state index contributed by atoms with van der Waals surface area (Å²) in [6.45, 7) is 10.6. The summed E-state index contributed by atoms with van der Waals surface area (Å²) >= 11 is 0. The molecular weight excluding hydrogens is 148 g/mol. The Morgan fingerprint density at radius 3 is 2.75 bits per heavy atom. The van der Waals surface area contributed by atoms with Crippen molar-refractivity contribution in [3.8, 4) is 0 Å². The average molecular weight is 168 g/mol. The third kappa shape index (κ3) is 1.54. The van der Waals surface area contributed by atoms with Crippen molar-refractivity contribution >= 4 is 0 Å². The molecule has 2 heteroatoms. The average Bonchev–Trinajstić information content (AvgIpc) is 2.28. The first-order valence-electron chi connectivity index (χ1n) is 4.66. The van der Waals surface area contributed by atoms with Gasteiger partial charge in [0.1, 0.15) is 0 Å². The number of nitrogens with zero attached hydrogens (tertiary/aromatic N) is 1. The van der Waals surface area contributed by atoms with E-state index in [-0.39, 0.29) is 5.54 Å². The van der Waals surface area contributed by atoms with Gasteiger partial charge in [-0.2, -0.15) is 0 Å². The Balaban J connectivity index is 2.63. The third-order valence-corrected chi connectivity index (χ3v) is 3.05. The van der Waals surface area contributed by atoms with Crippen LogP contribution in [0.1, 0.15) is 20.3 Å². The summed E-state index contributed by atoms with van der Waals surface area (Å²) in [5.74, 6) is 0. The van der Waals surface area contributed by atoms with E-state index in [1.54, 1.807) is 0 Å². The van der Waals surface area contributed by atoms with Crippen LogP contribution >= 0.6 is 0 Å². The van der Waals surface area contributed by atoms with Gasteiger partial charge in [-0.05, 0) is 27.3 Å². The molecule has 1 unspecified atom stereocenters. The molecule has 2 nitrogen and oxygen atoms in total. The zero-order valence-electron chi connectivity index (χ0n) is 8.43. The van der Waals surface area contributed by atoms with Gasteiger partial charge in [-0.25, -0.2) is 0 Å². The highest BCUT2D eigenvalue weighted by Crippen LogP contribution is 2.28. The maximum Gasteiger partial charge on any atom is 0.0309 e. The molecule has 0 aromatic rings. The van der Waals surface area contributed by atoms with E-state index < -0.39 is 0 Å². The lowest BCUT2D eigenvalue weighted by Crippen LogP contribution is -2.49. The van der Waals surface area contributed by atoms with Gasteiger partial charge in [-0.3, -0.25) is 4.90 Å². The maximum absolute atomic E-state index is 3.78. The molecule has 0 saturated carbocycles. The van der Waals surface area contributed by atoms with Crippen LogP contribution < -0.4 is 5.32 Å². The minimum absolute atomic E-state index is 0.281. The number of hydrogen-bond donors (Lipinski definition) is 1. The Morgan fingerprint density at radius 1 is 1.67 bits per heavy atom. The Labute approximate surface area is 75.6 Å². The van der Waals surface area contributed by atoms with Gasteiger partial charge in [0.05, 0.1) is 0 Å². The van der Waals surface area contributed by atoms with Crippen molar-refractivity contribution in [1.82, 2.24) is 10.2 Å². The Hall–Kier alpha value is -0.340. The van der Waals surface area contributed by atoms with Gasteiger partial charge in [-0.15, -0.1) is 6.58 Å². The monoisotopic (exact) mass is 168 g/mol. The van der Waals surface area contributed by atoms with Crippen molar-refractivity contribution in [2.45, 2.75) is 31.8 Å². The van der Waals surface area contributed by atoms with E-state index in [4.69, 9.17) is 0 Å². The lowest BCUT2D eigenvalue weighted by molar-refractivity contribution is 0.171. The van der Waals surface area contributed by atoms with E-state index in [1.807, 2.05) is 13.1 Å². The van der Waals surface area contributed by atoms with E-state index in [2.05, 4.69) is 30.6 Å². The lowest BCUT2D eigenvalue weighted by Gasteiger charge is -2.35. The van der Waals surface area contributed by atoms with Gasteiger partial charge >= 0.3 is 0 Å². The first-order chi connectivity index (χ1) is 5.62. The van der Waals surface area contributed by atoms with Gasteiger partial charge in [0.15, 0.2) is 0 Å². The van der Waals surface area contributed by atoms with Crippen LogP contribution in [0.3, 0.4) is 0 Å². The number of hydrogen-bond acceptors (Lipinski definition) is 2. The molecule has 1 N–H and O–H groups in total. The van der Waals surface area contributed by atoms with Crippen LogP contribution in [0, 0.1) is 0 Å². The fourth-order valence-corrected chi connectivity index (χ4v) is 2.13. The van der Waals surface area contributed by atoms with Gasteiger partial charge in [0, 0.05) is 24.7 Å². The molecule has 12 heavy (non-hydrogen) atoms. The molecule has 0 aliphatic carbocycles. The molecule has 0 aromatic carbocycles. The summed E-state index contributed by atoms with van der Waals surface area (Å²) < 4.78 is 0. The van der Waals surface area contributed by atoms with Crippen molar-refractivity contribution < 1.29 is 0 Å². The van der Waals surface area contributed by atoms with E-state index in [0.29, 0.717) is 6.04 Å². The maximum atomic E-state index is 3.78. The van der Waals surface area contributed by atoms with Crippen molar-refractivity contribution in [3.05, 3.63) is 12.7 Å². The first kappa shape index (κ1) is 9.75. The topological polar surface area (TPSA) is 15.3 Å². The van der Waals surface area contributed by atoms with Crippen molar-refractivity contribution in [3.63, 3.8) is 0 Å². The SMILES string of the molecule is C=CCN1CCC(NC)C1(C)C. The molecule has 70 valence electrons. The molecule has 0 spiro atoms. The second-order valence-electron chi connectivity index (χ2n) is 4.02. The van der Waals surface area contributed by atoms with Crippen LogP contribution in [-0.4, -0.2) is 36.6 Å². The summed E-state index contributed by atoms with van der Waals surface area (Å²) in [4.78, 5) is 2.47. The predicted octanol–water partition coefficient (Wildman–Crippen LogP) is 1.24. The number of likely N-dealkylation sites (N-methyl/N-ethyl adjacent to an activating group) is 1. The lowest BCUT2D eigenvalue weighted by atomic mass is 9.96. The fraction of sp³-hybridized carbons (Fsp3) is 0.800. The second kappa shape index (κ2) is 3.58. The van der Waals surface area contributed by atoms with E-state index in [9.17, 15) is 0 Å². The number of rotatable bonds is 3. The molecule has 1 aliphatic rings. The molecular formula is C10H20N2. The summed E-state index contributed by atoms with van der Waals surface area (Å²) in [5, 5.41) is 3.37. The summed E-state index contributed by atoms with van der Waals surface area (Å²) in [6.07, 6.45) is 3.23. The van der Waals surface area contributed by atoms with Gasteiger partial charge in [0.25, 0.3) is 0 Å². The molecule has 1 saturated heterocycles.